The summed E-state index contributed by atoms with van der Waals surface area (Å²) in [5.41, 5.74) is 1.02. The van der Waals surface area contributed by atoms with E-state index in [0.717, 1.165) is 16.5 Å². The summed E-state index contributed by atoms with van der Waals surface area (Å²) >= 11 is 0. The minimum absolute atomic E-state index is 0.280. The monoisotopic (exact) mass is 250 g/mol. The van der Waals surface area contributed by atoms with Crippen LogP contribution in [0.3, 0.4) is 0 Å². The third-order valence-corrected chi connectivity index (χ3v) is 2.72. The maximum absolute atomic E-state index is 12.0. The van der Waals surface area contributed by atoms with Crippen LogP contribution in [0.15, 0.2) is 55.2 Å². The summed E-state index contributed by atoms with van der Waals surface area (Å²) in [6.07, 6.45) is 7.90. The van der Waals surface area contributed by atoms with E-state index in [2.05, 4.69) is 20.3 Å². The SMILES string of the molecule is O=C(Nc1cccc2cnccc12)c1cnccn1. The van der Waals surface area contributed by atoms with Gasteiger partial charge < -0.3 is 5.32 Å². The Labute approximate surface area is 109 Å². The Morgan fingerprint density at radius 2 is 1.89 bits per heavy atom. The maximum Gasteiger partial charge on any atom is 0.275 e. The predicted molar refractivity (Wildman–Crippen MR) is 71.7 cm³/mol. The molecule has 5 heteroatoms. The number of carbonyl (C=O) groups excluding carboxylic acids is 1. The Bertz CT molecular complexity index is 722. The van der Waals surface area contributed by atoms with E-state index in [-0.39, 0.29) is 11.6 Å². The molecule has 2 aromatic heterocycles. The molecule has 0 aliphatic rings. The van der Waals surface area contributed by atoms with Gasteiger partial charge >= 0.3 is 0 Å². The van der Waals surface area contributed by atoms with Crippen LogP contribution in [0.4, 0.5) is 5.69 Å². The van der Waals surface area contributed by atoms with Crippen LogP contribution in [0.5, 0.6) is 0 Å². The van der Waals surface area contributed by atoms with Gasteiger partial charge in [-0.2, -0.15) is 0 Å². The highest BCUT2D eigenvalue weighted by Crippen LogP contribution is 2.22. The lowest BCUT2D eigenvalue weighted by molar-refractivity contribution is 0.102. The molecule has 0 saturated carbocycles. The third kappa shape index (κ3) is 2.26. The van der Waals surface area contributed by atoms with Crippen LogP contribution in [0.1, 0.15) is 10.5 Å². The number of fused-ring (bicyclic) bond motifs is 1. The molecule has 1 N–H and O–H groups in total. The van der Waals surface area contributed by atoms with Gasteiger partial charge in [-0.1, -0.05) is 12.1 Å². The first kappa shape index (κ1) is 11.3. The number of hydrogen-bond acceptors (Lipinski definition) is 4. The van der Waals surface area contributed by atoms with Gasteiger partial charge in [0.25, 0.3) is 5.91 Å². The number of rotatable bonds is 2. The van der Waals surface area contributed by atoms with Gasteiger partial charge in [-0.05, 0) is 12.1 Å². The molecule has 0 fully saturated rings. The first-order valence-electron chi connectivity index (χ1n) is 5.75. The van der Waals surface area contributed by atoms with Gasteiger partial charge in [0.05, 0.1) is 6.20 Å². The molecule has 5 nitrogen and oxygen atoms in total. The fraction of sp³-hybridized carbons (Fsp3) is 0. The second kappa shape index (κ2) is 4.81. The normalized spacial score (nSPS) is 10.3. The zero-order chi connectivity index (χ0) is 13.1. The van der Waals surface area contributed by atoms with Crippen molar-refractivity contribution in [3.63, 3.8) is 0 Å². The van der Waals surface area contributed by atoms with E-state index in [1.54, 1.807) is 12.4 Å². The molecule has 0 unspecified atom stereocenters. The largest absolute Gasteiger partial charge is 0.320 e. The summed E-state index contributed by atoms with van der Waals surface area (Å²) < 4.78 is 0. The number of aromatic nitrogens is 3. The molecule has 0 aliphatic heterocycles. The van der Waals surface area contributed by atoms with Gasteiger partial charge in [-0.15, -0.1) is 0 Å². The van der Waals surface area contributed by atoms with Crippen LogP contribution in [0, 0.1) is 0 Å². The number of carbonyl (C=O) groups is 1. The van der Waals surface area contributed by atoms with Crippen molar-refractivity contribution in [3.8, 4) is 0 Å². The van der Waals surface area contributed by atoms with Gasteiger partial charge in [0.2, 0.25) is 0 Å². The molecule has 0 atom stereocenters. The van der Waals surface area contributed by atoms with Crippen LogP contribution in [-0.4, -0.2) is 20.9 Å². The van der Waals surface area contributed by atoms with E-state index in [9.17, 15) is 4.79 Å². The number of amides is 1. The molecule has 0 spiro atoms. The summed E-state index contributed by atoms with van der Waals surface area (Å²) in [7, 11) is 0. The number of nitrogens with zero attached hydrogens (tertiary/aromatic N) is 3. The number of anilines is 1. The van der Waals surface area contributed by atoms with Gasteiger partial charge in [0.1, 0.15) is 5.69 Å². The number of pyridine rings is 1. The Morgan fingerprint density at radius 1 is 1.00 bits per heavy atom. The predicted octanol–water partition coefficient (Wildman–Crippen LogP) is 2.28. The second-order valence-corrected chi connectivity index (χ2v) is 3.95. The summed E-state index contributed by atoms with van der Waals surface area (Å²) in [5, 5.41) is 4.74. The highest BCUT2D eigenvalue weighted by atomic mass is 16.1. The topological polar surface area (TPSA) is 67.8 Å². The van der Waals surface area contributed by atoms with Crippen molar-refractivity contribution in [1.82, 2.24) is 15.0 Å². The average molecular weight is 250 g/mol. The van der Waals surface area contributed by atoms with Crippen LogP contribution in [0.2, 0.25) is 0 Å². The van der Waals surface area contributed by atoms with E-state index in [4.69, 9.17) is 0 Å². The summed E-state index contributed by atoms with van der Waals surface area (Å²) in [6.45, 7) is 0. The van der Waals surface area contributed by atoms with Crippen LogP contribution in [-0.2, 0) is 0 Å². The van der Waals surface area contributed by atoms with E-state index >= 15 is 0 Å². The Balaban J connectivity index is 1.96. The van der Waals surface area contributed by atoms with Crippen LogP contribution < -0.4 is 5.32 Å². The highest BCUT2D eigenvalue weighted by Gasteiger charge is 2.09. The third-order valence-electron chi connectivity index (χ3n) is 2.72. The smallest absolute Gasteiger partial charge is 0.275 e. The van der Waals surface area contributed by atoms with Gasteiger partial charge in [0.15, 0.2) is 0 Å². The van der Waals surface area contributed by atoms with Crippen molar-refractivity contribution in [2.24, 2.45) is 0 Å². The Morgan fingerprint density at radius 3 is 2.74 bits per heavy atom. The molecule has 2 heterocycles. The van der Waals surface area contributed by atoms with Crippen molar-refractivity contribution in [2.45, 2.75) is 0 Å². The molecule has 0 bridgehead atoms. The van der Waals surface area contributed by atoms with E-state index in [1.165, 1.54) is 18.6 Å². The van der Waals surface area contributed by atoms with Gasteiger partial charge in [0, 0.05) is 41.2 Å². The summed E-state index contributed by atoms with van der Waals surface area (Å²) in [5.74, 6) is -0.280. The van der Waals surface area contributed by atoms with Crippen molar-refractivity contribution in [2.75, 3.05) is 5.32 Å². The molecule has 19 heavy (non-hydrogen) atoms. The van der Waals surface area contributed by atoms with Crippen LogP contribution in [0.25, 0.3) is 10.8 Å². The van der Waals surface area contributed by atoms with Crippen molar-refractivity contribution >= 4 is 22.4 Å². The van der Waals surface area contributed by atoms with Gasteiger partial charge in [-0.25, -0.2) is 4.98 Å². The molecule has 92 valence electrons. The Hall–Kier alpha value is -2.82. The fourth-order valence-electron chi connectivity index (χ4n) is 1.83. The molecule has 0 radical (unpaired) electrons. The standard InChI is InChI=1S/C14H10N4O/c19-14(13-9-16-6-7-17-13)18-12-3-1-2-10-8-15-5-4-11(10)12/h1-9H,(H,18,19). The van der Waals surface area contributed by atoms with E-state index < -0.39 is 0 Å². The summed E-state index contributed by atoms with van der Waals surface area (Å²) in [4.78, 5) is 23.9. The van der Waals surface area contributed by atoms with E-state index in [1.807, 2.05) is 24.3 Å². The van der Waals surface area contributed by atoms with Crippen molar-refractivity contribution in [1.29, 1.82) is 0 Å². The lowest BCUT2D eigenvalue weighted by Gasteiger charge is -2.07. The molecule has 3 aromatic rings. The van der Waals surface area contributed by atoms with Crippen molar-refractivity contribution < 1.29 is 4.79 Å². The van der Waals surface area contributed by atoms with Crippen molar-refractivity contribution in [3.05, 3.63) is 60.9 Å². The first-order chi connectivity index (χ1) is 9.34. The fourth-order valence-corrected chi connectivity index (χ4v) is 1.83. The highest BCUT2D eigenvalue weighted by molar-refractivity contribution is 6.07. The van der Waals surface area contributed by atoms with Crippen LogP contribution >= 0.6 is 0 Å². The quantitative estimate of drug-likeness (QED) is 0.757. The molecule has 3 rings (SSSR count). The molecule has 1 aromatic carbocycles. The molecular formula is C14H10N4O. The zero-order valence-electron chi connectivity index (χ0n) is 9.95. The average Bonchev–Trinajstić information content (AvgIpc) is 2.48. The minimum Gasteiger partial charge on any atom is -0.320 e. The lowest BCUT2D eigenvalue weighted by atomic mass is 10.1. The molecular weight excluding hydrogens is 240 g/mol. The minimum atomic E-state index is -0.280. The summed E-state index contributed by atoms with van der Waals surface area (Å²) in [6, 6.07) is 7.52. The number of nitrogens with one attached hydrogen (secondary N) is 1. The maximum atomic E-state index is 12.0. The molecule has 0 saturated heterocycles. The lowest BCUT2D eigenvalue weighted by Crippen LogP contribution is -2.13. The molecule has 0 aliphatic carbocycles. The number of benzene rings is 1. The van der Waals surface area contributed by atoms with E-state index in [0.29, 0.717) is 0 Å². The van der Waals surface area contributed by atoms with Gasteiger partial charge in [-0.3, -0.25) is 14.8 Å². The zero-order valence-corrected chi connectivity index (χ0v) is 9.95. The Kier molecular flexibility index (Phi) is 2.86. The number of hydrogen-bond donors (Lipinski definition) is 1. The second-order valence-electron chi connectivity index (χ2n) is 3.95. The first-order valence-corrected chi connectivity index (χ1v) is 5.75. The molecule has 1 amide bonds.